The smallest absolute Gasteiger partial charge is 1.00 e. The van der Waals surface area contributed by atoms with E-state index >= 15 is 0 Å². The van der Waals surface area contributed by atoms with Crippen LogP contribution in [-0.2, 0) is 25.8 Å². The molecule has 0 aromatic heterocycles. The zero-order chi connectivity index (χ0) is 29.6. The predicted octanol–water partition coefficient (Wildman–Crippen LogP) is 2.64. The molecule has 0 spiro atoms. The maximum Gasteiger partial charge on any atom is 4.00 e. The maximum absolute atomic E-state index is 2.35. The van der Waals surface area contributed by atoms with Crippen LogP contribution in [0.15, 0.2) is 194 Å². The van der Waals surface area contributed by atoms with Crippen molar-refractivity contribution in [2.75, 3.05) is 0 Å². The first-order valence-electron chi connectivity index (χ1n) is 14.9. The van der Waals surface area contributed by atoms with Crippen molar-refractivity contribution in [3.63, 3.8) is 0 Å². The van der Waals surface area contributed by atoms with Crippen LogP contribution in [0.25, 0.3) is 21.5 Å². The van der Waals surface area contributed by atoms with E-state index in [0.29, 0.717) is 0 Å². The quantitative estimate of drug-likeness (QED) is 0.138. The van der Waals surface area contributed by atoms with E-state index in [1.807, 2.05) is 0 Å². The fourth-order valence-corrected chi connectivity index (χ4v) is 10.5. The molecule has 0 fully saturated rings. The molecule has 0 atom stereocenters. The summed E-state index contributed by atoms with van der Waals surface area (Å²) in [4.78, 5) is 0. The summed E-state index contributed by atoms with van der Waals surface area (Å²) in [6, 6.07) is 70.0. The van der Waals surface area contributed by atoms with Crippen LogP contribution in [0.5, 0.6) is 0 Å². The molecule has 0 heterocycles. The van der Waals surface area contributed by atoms with Crippen molar-refractivity contribution in [1.29, 1.82) is 0 Å². The van der Waals surface area contributed by atoms with Gasteiger partial charge in [-0.15, -0.1) is 80.7 Å². The summed E-state index contributed by atoms with van der Waals surface area (Å²) in [6.45, 7) is 0. The summed E-state index contributed by atoms with van der Waals surface area (Å²) in [7, 11) is -0.986. The monoisotopic (exact) mass is 816 g/mol. The Kier molecular flexibility index (Phi) is 13.3. The Morgan fingerprint density at radius 3 is 0.851 bits per heavy atom. The van der Waals surface area contributed by atoms with Gasteiger partial charge in [0.15, 0.2) is 0 Å². The predicted molar refractivity (Wildman–Crippen MR) is 196 cm³/mol. The van der Waals surface area contributed by atoms with Crippen LogP contribution >= 0.6 is 15.8 Å². The van der Waals surface area contributed by atoms with Gasteiger partial charge in [-0.2, -0.15) is 12.1 Å². The molecule has 0 saturated carbocycles. The second-order valence-electron chi connectivity index (χ2n) is 10.7. The Labute approximate surface area is 296 Å². The van der Waals surface area contributed by atoms with E-state index in [1.165, 1.54) is 53.4 Å². The molecule has 0 unspecified atom stereocenters. The van der Waals surface area contributed by atoms with E-state index in [4.69, 9.17) is 0 Å². The van der Waals surface area contributed by atoms with Crippen molar-refractivity contribution in [2.45, 2.75) is 0 Å². The Hall–Kier alpha value is -3.87. The van der Waals surface area contributed by atoms with E-state index in [-0.39, 0.29) is 35.3 Å². The average Bonchev–Trinajstić information content (AvgIpc) is 3.72. The fourth-order valence-electron chi connectivity index (χ4n) is 5.73. The largest absolute Gasteiger partial charge is 4.00 e. The molecule has 228 valence electrons. The molecule has 8 rings (SSSR count). The SMILES string of the molecule is [F-].[F-].[Hf+4].c1ccc(P(c2ccccc2)c2cc3ccccc3[cH-]2)cc1.c1ccc(P(c2ccccc2)c2cc3ccccc3[cH-]2)cc1. The van der Waals surface area contributed by atoms with E-state index in [9.17, 15) is 0 Å². The van der Waals surface area contributed by atoms with Crippen molar-refractivity contribution < 1.29 is 35.3 Å². The van der Waals surface area contributed by atoms with Crippen molar-refractivity contribution in [2.24, 2.45) is 0 Å². The van der Waals surface area contributed by atoms with Gasteiger partial charge in [-0.05, 0) is 37.1 Å². The zero-order valence-corrected chi connectivity index (χ0v) is 31.0. The second kappa shape index (κ2) is 17.3. The van der Waals surface area contributed by atoms with Crippen molar-refractivity contribution in [3.8, 4) is 0 Å². The average molecular weight is 815 g/mol. The van der Waals surface area contributed by atoms with Crippen LogP contribution in [0.2, 0.25) is 0 Å². The summed E-state index contributed by atoms with van der Waals surface area (Å²) >= 11 is 0. The number of rotatable bonds is 6. The molecular weight excluding hydrogens is 783 g/mol. The van der Waals surface area contributed by atoms with Gasteiger partial charge >= 0.3 is 25.8 Å². The number of hydrogen-bond donors (Lipinski definition) is 0. The van der Waals surface area contributed by atoms with Crippen LogP contribution < -0.4 is 41.2 Å². The molecular formula is C42H32F2HfP2. The molecule has 0 radical (unpaired) electrons. The Morgan fingerprint density at radius 1 is 0.319 bits per heavy atom. The van der Waals surface area contributed by atoms with Gasteiger partial charge in [0.1, 0.15) is 0 Å². The van der Waals surface area contributed by atoms with Crippen LogP contribution in [0.4, 0.5) is 0 Å². The third-order valence-corrected chi connectivity index (χ3v) is 12.6. The first-order valence-corrected chi connectivity index (χ1v) is 17.6. The van der Waals surface area contributed by atoms with Crippen molar-refractivity contribution in [1.82, 2.24) is 0 Å². The second-order valence-corrected chi connectivity index (χ2v) is 15.1. The summed E-state index contributed by atoms with van der Waals surface area (Å²) in [6.07, 6.45) is 0. The van der Waals surface area contributed by atoms with E-state index < -0.39 is 15.8 Å². The van der Waals surface area contributed by atoms with Crippen LogP contribution in [0.3, 0.4) is 0 Å². The normalized spacial score (nSPS) is 10.4. The third-order valence-electron chi connectivity index (χ3n) is 7.78. The fraction of sp³-hybridized carbons (Fsp3) is 0. The topological polar surface area (TPSA) is 0 Å². The molecule has 0 N–H and O–H groups in total. The van der Waals surface area contributed by atoms with Gasteiger partial charge in [-0.1, -0.05) is 133 Å². The molecule has 0 nitrogen and oxygen atoms in total. The summed E-state index contributed by atoms with van der Waals surface area (Å²) < 4.78 is 0. The molecule has 8 aromatic rings. The van der Waals surface area contributed by atoms with E-state index in [2.05, 4.69) is 194 Å². The van der Waals surface area contributed by atoms with Crippen molar-refractivity contribution in [3.05, 3.63) is 194 Å². The van der Waals surface area contributed by atoms with Crippen molar-refractivity contribution >= 4 is 69.2 Å². The molecule has 0 saturated heterocycles. The Morgan fingerprint density at radius 2 is 0.574 bits per heavy atom. The zero-order valence-electron chi connectivity index (χ0n) is 25.6. The van der Waals surface area contributed by atoms with Gasteiger partial charge in [-0.25, -0.2) is 0 Å². The molecule has 5 heteroatoms. The molecule has 0 aliphatic heterocycles. The number of benzene rings is 6. The van der Waals surface area contributed by atoms with Crippen LogP contribution in [0.1, 0.15) is 0 Å². The number of hydrogen-bond acceptors (Lipinski definition) is 0. The first-order chi connectivity index (χ1) is 21.8. The van der Waals surface area contributed by atoms with Gasteiger partial charge in [0.05, 0.1) is 0 Å². The number of fused-ring (bicyclic) bond motifs is 2. The number of halogens is 2. The van der Waals surface area contributed by atoms with Gasteiger partial charge in [0.2, 0.25) is 0 Å². The third kappa shape index (κ3) is 8.35. The summed E-state index contributed by atoms with van der Waals surface area (Å²) in [5.41, 5.74) is 0. The minimum absolute atomic E-state index is 0. The van der Waals surface area contributed by atoms with Gasteiger partial charge in [-0.3, -0.25) is 0 Å². The van der Waals surface area contributed by atoms with Gasteiger partial charge in [0.25, 0.3) is 0 Å². The first kappa shape index (κ1) is 36.0. The maximum atomic E-state index is 2.35. The molecule has 0 aliphatic rings. The Balaban J connectivity index is 0.000000200. The molecule has 0 bridgehead atoms. The molecule has 8 aromatic carbocycles. The minimum atomic E-state index is -0.493. The molecule has 0 amide bonds. The van der Waals surface area contributed by atoms with Gasteiger partial charge in [0, 0.05) is 0 Å². The Bertz CT molecular complexity index is 1780. The summed E-state index contributed by atoms with van der Waals surface area (Å²) in [5, 5.41) is 13.8. The molecule has 47 heavy (non-hydrogen) atoms. The van der Waals surface area contributed by atoms with E-state index in [1.54, 1.807) is 0 Å². The van der Waals surface area contributed by atoms with E-state index in [0.717, 1.165) is 0 Å². The molecule has 0 aliphatic carbocycles. The summed E-state index contributed by atoms with van der Waals surface area (Å²) in [5.74, 6) is 0. The minimum Gasteiger partial charge on any atom is -1.00 e. The van der Waals surface area contributed by atoms with Crippen LogP contribution in [-0.4, -0.2) is 0 Å². The standard InChI is InChI=1S/2C21H16P.2FH.Hf/c2*1-3-11-19(12-4-1)22(20-13-5-2-6-14-20)21-15-17-9-7-8-10-18(17)16-21;;;/h2*1-16H;2*1H;/q2*-1;;;+4/p-2. The van der Waals surface area contributed by atoms with Crippen LogP contribution in [0, 0.1) is 0 Å². The van der Waals surface area contributed by atoms with Gasteiger partial charge < -0.3 is 9.41 Å².